The number of nitrogens with one attached hydrogen (secondary N) is 2. The van der Waals surface area contributed by atoms with Crippen LogP contribution in [0.25, 0.3) is 0 Å². The molecule has 1 rings (SSSR count). The summed E-state index contributed by atoms with van der Waals surface area (Å²) in [4.78, 5) is 35.7. The molecule has 2 unspecified atom stereocenters. The van der Waals surface area contributed by atoms with Crippen molar-refractivity contribution < 1.29 is 19.5 Å². The molecule has 0 bridgehead atoms. The van der Waals surface area contributed by atoms with E-state index in [-0.39, 0.29) is 41.7 Å². The van der Waals surface area contributed by atoms with Gasteiger partial charge in [0.05, 0.1) is 12.6 Å². The minimum atomic E-state index is -0.506. The molecular weight excluding hydrogens is 320 g/mol. The maximum absolute atomic E-state index is 12.1. The van der Waals surface area contributed by atoms with E-state index in [0.717, 1.165) is 0 Å². The summed E-state index contributed by atoms with van der Waals surface area (Å²) in [5.41, 5.74) is 0. The molecule has 0 saturated carbocycles. The average molecular weight is 350 g/mol. The Bertz CT molecular complexity index is 552. The van der Waals surface area contributed by atoms with Crippen molar-refractivity contribution in [2.45, 2.75) is 53.0 Å². The number of Topliss-reactive ketones (excluding diaryl/α,β-unsaturated/α-hetero) is 1. The number of carbonyl (C=O) groups excluding carboxylic acids is 3. The Morgan fingerprint density at radius 2 is 1.96 bits per heavy atom. The monoisotopic (exact) mass is 350 g/mol. The number of aliphatic hydroxyl groups excluding tert-OH is 1. The highest BCUT2D eigenvalue weighted by Gasteiger charge is 2.21. The fourth-order valence-corrected chi connectivity index (χ4v) is 2.77. The molecule has 0 aliphatic heterocycles. The molecule has 6 nitrogen and oxygen atoms in total. The van der Waals surface area contributed by atoms with E-state index in [4.69, 9.17) is 0 Å². The second-order valence-corrected chi connectivity index (χ2v) is 7.20. The third-order valence-corrected chi connectivity index (χ3v) is 4.23. The Morgan fingerprint density at radius 3 is 2.48 bits per heavy atom. The van der Waals surface area contributed by atoms with Crippen LogP contribution in [0, 0.1) is 17.8 Å². The minimum absolute atomic E-state index is 0.0814. The molecule has 3 N–H and O–H groups in total. The van der Waals surface area contributed by atoms with Gasteiger partial charge in [-0.15, -0.1) is 0 Å². The molecular formula is C19H30N2O4. The number of amides is 2. The summed E-state index contributed by atoms with van der Waals surface area (Å²) >= 11 is 0. The van der Waals surface area contributed by atoms with Crippen LogP contribution in [0.3, 0.4) is 0 Å². The molecule has 0 radical (unpaired) electrons. The first-order valence-corrected chi connectivity index (χ1v) is 8.83. The Kier molecular flexibility index (Phi) is 8.38. The van der Waals surface area contributed by atoms with Crippen molar-refractivity contribution in [1.82, 2.24) is 10.6 Å². The molecule has 0 saturated heterocycles. The van der Waals surface area contributed by atoms with E-state index in [1.807, 2.05) is 26.8 Å². The predicted octanol–water partition coefficient (Wildman–Crippen LogP) is 2.27. The van der Waals surface area contributed by atoms with Gasteiger partial charge < -0.3 is 15.7 Å². The Balaban J connectivity index is 2.37. The van der Waals surface area contributed by atoms with E-state index in [0.29, 0.717) is 25.2 Å². The first-order chi connectivity index (χ1) is 11.7. The maximum atomic E-state index is 12.1. The molecule has 0 aromatic carbocycles. The van der Waals surface area contributed by atoms with E-state index in [1.54, 1.807) is 12.2 Å². The summed E-state index contributed by atoms with van der Waals surface area (Å²) < 4.78 is 0. The average Bonchev–Trinajstić information content (AvgIpc) is 2.53. The highest BCUT2D eigenvalue weighted by atomic mass is 16.3. The molecule has 1 aliphatic carbocycles. The number of allylic oxidation sites excluding steroid dienone is 3. The topological polar surface area (TPSA) is 95.5 Å². The second-order valence-electron chi connectivity index (χ2n) is 7.20. The summed E-state index contributed by atoms with van der Waals surface area (Å²) in [6.07, 6.45) is 7.21. The summed E-state index contributed by atoms with van der Waals surface area (Å²) in [6.45, 7) is 7.11. The van der Waals surface area contributed by atoms with Gasteiger partial charge in [-0.3, -0.25) is 14.4 Å². The lowest BCUT2D eigenvalue weighted by atomic mass is 9.90. The van der Waals surface area contributed by atoms with Gasteiger partial charge in [-0.25, -0.2) is 0 Å². The molecule has 140 valence electrons. The Morgan fingerprint density at radius 1 is 1.28 bits per heavy atom. The molecule has 0 aromatic rings. The lowest BCUT2D eigenvalue weighted by Gasteiger charge is -2.20. The number of hydrogen-bond donors (Lipinski definition) is 3. The predicted molar refractivity (Wildman–Crippen MR) is 96.8 cm³/mol. The van der Waals surface area contributed by atoms with Crippen LogP contribution in [0.2, 0.25) is 0 Å². The van der Waals surface area contributed by atoms with Gasteiger partial charge >= 0.3 is 0 Å². The van der Waals surface area contributed by atoms with Crippen LogP contribution in [0.1, 0.15) is 47.0 Å². The number of ketones is 1. The van der Waals surface area contributed by atoms with E-state index in [2.05, 4.69) is 10.6 Å². The Hall–Kier alpha value is -2.11. The largest absolute Gasteiger partial charge is 0.508 e. The second kappa shape index (κ2) is 10.0. The highest BCUT2D eigenvalue weighted by molar-refractivity contribution is 5.90. The van der Waals surface area contributed by atoms with Crippen LogP contribution in [0.5, 0.6) is 0 Å². The standard InChI is InChI=1S/C19H30N2O4/c1-12(2)9-17(14(4)22)21-18(24)11-20-19(25)13(3)10-15-5-7-16(23)8-6-15/h5,7-8,12-13,15,17,23H,6,9-11H2,1-4H3,(H,20,25)(H,21,24)/t13-,15?,17?/m0/s1. The van der Waals surface area contributed by atoms with Gasteiger partial charge in [0.25, 0.3) is 0 Å². The fourth-order valence-electron chi connectivity index (χ4n) is 2.77. The van der Waals surface area contributed by atoms with Crippen molar-refractivity contribution in [1.29, 1.82) is 0 Å². The van der Waals surface area contributed by atoms with Crippen molar-refractivity contribution in [3.8, 4) is 0 Å². The minimum Gasteiger partial charge on any atom is -0.508 e. The molecule has 3 atom stereocenters. The van der Waals surface area contributed by atoms with Crippen LogP contribution >= 0.6 is 0 Å². The molecule has 0 spiro atoms. The number of aliphatic hydroxyl groups is 1. The van der Waals surface area contributed by atoms with Crippen LogP contribution in [-0.2, 0) is 14.4 Å². The van der Waals surface area contributed by atoms with Gasteiger partial charge in [-0.05, 0) is 50.2 Å². The van der Waals surface area contributed by atoms with Gasteiger partial charge in [0.2, 0.25) is 11.8 Å². The van der Waals surface area contributed by atoms with Gasteiger partial charge in [0.1, 0.15) is 5.76 Å². The molecule has 0 fully saturated rings. The van der Waals surface area contributed by atoms with Gasteiger partial charge in [0, 0.05) is 5.92 Å². The summed E-state index contributed by atoms with van der Waals surface area (Å²) in [5.74, 6) is -0.110. The molecule has 0 aromatic heterocycles. The zero-order chi connectivity index (χ0) is 19.0. The lowest BCUT2D eigenvalue weighted by Crippen LogP contribution is -2.46. The van der Waals surface area contributed by atoms with Crippen molar-refractivity contribution in [3.05, 3.63) is 24.0 Å². The first kappa shape index (κ1) is 20.9. The van der Waals surface area contributed by atoms with E-state index in [9.17, 15) is 19.5 Å². The van der Waals surface area contributed by atoms with E-state index in [1.165, 1.54) is 6.92 Å². The molecule has 0 heterocycles. The van der Waals surface area contributed by atoms with Crippen molar-refractivity contribution in [2.24, 2.45) is 17.8 Å². The zero-order valence-corrected chi connectivity index (χ0v) is 15.5. The lowest BCUT2D eigenvalue weighted by molar-refractivity contribution is -0.130. The Labute approximate surface area is 149 Å². The molecule has 25 heavy (non-hydrogen) atoms. The van der Waals surface area contributed by atoms with Crippen LogP contribution < -0.4 is 10.6 Å². The number of carbonyl (C=O) groups is 3. The smallest absolute Gasteiger partial charge is 0.239 e. The molecule has 6 heteroatoms. The SMILES string of the molecule is CC(=O)C(CC(C)C)NC(=O)CNC(=O)[C@@H](C)CC1C=CC(O)=CC1. The van der Waals surface area contributed by atoms with Crippen LogP contribution in [0.15, 0.2) is 24.0 Å². The third-order valence-electron chi connectivity index (χ3n) is 4.23. The first-order valence-electron chi connectivity index (χ1n) is 8.83. The summed E-state index contributed by atoms with van der Waals surface area (Å²) in [7, 11) is 0. The van der Waals surface area contributed by atoms with Gasteiger partial charge in [-0.1, -0.05) is 26.8 Å². The van der Waals surface area contributed by atoms with Gasteiger partial charge in [0.15, 0.2) is 5.78 Å². The molecule has 2 amide bonds. The van der Waals surface area contributed by atoms with Crippen molar-refractivity contribution >= 4 is 17.6 Å². The summed E-state index contributed by atoms with van der Waals surface area (Å²) in [5, 5.41) is 14.6. The van der Waals surface area contributed by atoms with Crippen LogP contribution in [0.4, 0.5) is 0 Å². The van der Waals surface area contributed by atoms with E-state index < -0.39 is 6.04 Å². The number of hydrogen-bond acceptors (Lipinski definition) is 4. The normalized spacial score (nSPS) is 19.1. The number of rotatable bonds is 9. The van der Waals surface area contributed by atoms with Crippen molar-refractivity contribution in [3.63, 3.8) is 0 Å². The van der Waals surface area contributed by atoms with Gasteiger partial charge in [-0.2, -0.15) is 0 Å². The van der Waals surface area contributed by atoms with Crippen LogP contribution in [-0.4, -0.2) is 35.3 Å². The fraction of sp³-hybridized carbons (Fsp3) is 0.632. The van der Waals surface area contributed by atoms with Crippen molar-refractivity contribution in [2.75, 3.05) is 6.54 Å². The zero-order valence-electron chi connectivity index (χ0n) is 15.5. The highest BCUT2D eigenvalue weighted by Crippen LogP contribution is 2.22. The molecule has 1 aliphatic rings. The maximum Gasteiger partial charge on any atom is 0.239 e. The van der Waals surface area contributed by atoms with E-state index >= 15 is 0 Å². The summed E-state index contributed by atoms with van der Waals surface area (Å²) in [6, 6.07) is -0.506. The quantitative estimate of drug-likeness (QED) is 0.594. The third kappa shape index (κ3) is 8.01.